The third kappa shape index (κ3) is 3.64. The summed E-state index contributed by atoms with van der Waals surface area (Å²) >= 11 is 3.47. The molecule has 1 aliphatic heterocycles. The fraction of sp³-hybridized carbons (Fsp3) is 0.500. The van der Waals surface area contributed by atoms with Crippen LogP contribution in [0.25, 0.3) is 0 Å². The molecule has 1 aromatic rings. The van der Waals surface area contributed by atoms with E-state index in [1.54, 1.807) is 0 Å². The van der Waals surface area contributed by atoms with Gasteiger partial charge >= 0.3 is 5.97 Å². The number of halogens is 1. The molecule has 0 aliphatic carbocycles. The standard InChI is InChI=1S/C14H18BrNO4/c1-2-3-4-11(14(17)18)16-7-9-5-12-13(6-10(9)15)20-8-19-12/h5-6,11,16H,2-4,7-8H2,1H3,(H,17,18)/t11-/m0/s1. The van der Waals surface area contributed by atoms with Gasteiger partial charge in [-0.2, -0.15) is 0 Å². The van der Waals surface area contributed by atoms with Gasteiger partial charge in [-0.05, 0) is 24.1 Å². The molecule has 5 nitrogen and oxygen atoms in total. The first kappa shape index (κ1) is 15.1. The predicted octanol–water partition coefficient (Wildman–Crippen LogP) is 2.91. The van der Waals surface area contributed by atoms with Gasteiger partial charge < -0.3 is 19.9 Å². The largest absolute Gasteiger partial charge is 0.480 e. The Labute approximate surface area is 126 Å². The zero-order valence-electron chi connectivity index (χ0n) is 11.3. The third-order valence-electron chi connectivity index (χ3n) is 3.22. The number of carboxylic acid groups (broad SMARTS) is 1. The van der Waals surface area contributed by atoms with Crippen molar-refractivity contribution in [1.82, 2.24) is 5.32 Å². The van der Waals surface area contributed by atoms with E-state index in [9.17, 15) is 9.90 Å². The molecule has 0 aromatic heterocycles. The van der Waals surface area contributed by atoms with Crippen LogP contribution in [0.3, 0.4) is 0 Å². The van der Waals surface area contributed by atoms with Gasteiger partial charge in [-0.3, -0.25) is 4.79 Å². The summed E-state index contributed by atoms with van der Waals surface area (Å²) in [5, 5.41) is 12.3. The van der Waals surface area contributed by atoms with Gasteiger partial charge in [0.05, 0.1) is 0 Å². The van der Waals surface area contributed by atoms with Gasteiger partial charge in [0, 0.05) is 11.0 Å². The molecule has 2 rings (SSSR count). The minimum atomic E-state index is -0.810. The first-order valence-corrected chi connectivity index (χ1v) is 7.45. The van der Waals surface area contributed by atoms with Crippen LogP contribution in [-0.4, -0.2) is 23.9 Å². The summed E-state index contributed by atoms with van der Waals surface area (Å²) in [4.78, 5) is 11.2. The molecule has 0 saturated heterocycles. The van der Waals surface area contributed by atoms with Gasteiger partial charge in [0.25, 0.3) is 0 Å². The lowest BCUT2D eigenvalue weighted by atomic mass is 10.1. The maximum Gasteiger partial charge on any atom is 0.320 e. The van der Waals surface area contributed by atoms with Crippen LogP contribution < -0.4 is 14.8 Å². The second-order valence-electron chi connectivity index (χ2n) is 4.71. The quantitative estimate of drug-likeness (QED) is 0.796. The molecule has 0 fully saturated rings. The second kappa shape index (κ2) is 6.95. The first-order valence-electron chi connectivity index (χ1n) is 6.66. The topological polar surface area (TPSA) is 67.8 Å². The van der Waals surface area contributed by atoms with Gasteiger partial charge in [0.2, 0.25) is 6.79 Å². The highest BCUT2D eigenvalue weighted by Crippen LogP contribution is 2.36. The Kier molecular flexibility index (Phi) is 5.25. The molecular weight excluding hydrogens is 326 g/mol. The van der Waals surface area contributed by atoms with Crippen molar-refractivity contribution in [3.63, 3.8) is 0 Å². The van der Waals surface area contributed by atoms with Crippen LogP contribution in [0, 0.1) is 0 Å². The third-order valence-corrected chi connectivity index (χ3v) is 3.96. The number of unbranched alkanes of at least 4 members (excludes halogenated alkanes) is 1. The fourth-order valence-electron chi connectivity index (χ4n) is 2.05. The molecule has 0 amide bonds. The smallest absolute Gasteiger partial charge is 0.320 e. The number of nitrogens with one attached hydrogen (secondary N) is 1. The molecule has 2 N–H and O–H groups in total. The van der Waals surface area contributed by atoms with E-state index in [-0.39, 0.29) is 6.79 Å². The number of hydrogen-bond donors (Lipinski definition) is 2. The molecule has 6 heteroatoms. The minimum Gasteiger partial charge on any atom is -0.480 e. The average molecular weight is 344 g/mol. The Bertz CT molecular complexity index is 492. The predicted molar refractivity (Wildman–Crippen MR) is 78.1 cm³/mol. The first-order chi connectivity index (χ1) is 9.61. The molecule has 110 valence electrons. The number of fused-ring (bicyclic) bond motifs is 1. The maximum absolute atomic E-state index is 11.2. The SMILES string of the molecule is CCCC[C@H](NCc1cc2c(cc1Br)OCO2)C(=O)O. The Morgan fingerprint density at radius 2 is 2.15 bits per heavy atom. The summed E-state index contributed by atoms with van der Waals surface area (Å²) in [7, 11) is 0. The Morgan fingerprint density at radius 3 is 2.80 bits per heavy atom. The lowest BCUT2D eigenvalue weighted by Gasteiger charge is -2.15. The molecule has 0 saturated carbocycles. The molecule has 1 aliphatic rings. The molecular formula is C14H18BrNO4. The highest BCUT2D eigenvalue weighted by Gasteiger charge is 2.19. The van der Waals surface area contributed by atoms with Crippen LogP contribution in [0.15, 0.2) is 16.6 Å². The highest BCUT2D eigenvalue weighted by atomic mass is 79.9. The Hall–Kier alpha value is -1.27. The average Bonchev–Trinajstić information content (AvgIpc) is 2.85. The van der Waals surface area contributed by atoms with Crippen molar-refractivity contribution in [2.75, 3.05) is 6.79 Å². The van der Waals surface area contributed by atoms with Crippen LogP contribution in [0.1, 0.15) is 31.7 Å². The summed E-state index contributed by atoms with van der Waals surface area (Å²) in [5.74, 6) is 0.599. The van der Waals surface area contributed by atoms with Crippen LogP contribution in [0.4, 0.5) is 0 Å². The van der Waals surface area contributed by atoms with Crippen molar-refractivity contribution in [2.24, 2.45) is 0 Å². The molecule has 0 spiro atoms. The maximum atomic E-state index is 11.2. The molecule has 20 heavy (non-hydrogen) atoms. The van der Waals surface area contributed by atoms with E-state index in [1.807, 2.05) is 19.1 Å². The molecule has 1 aromatic carbocycles. The summed E-state index contributed by atoms with van der Waals surface area (Å²) in [6, 6.07) is 3.20. The zero-order chi connectivity index (χ0) is 14.5. The summed E-state index contributed by atoms with van der Waals surface area (Å²) < 4.78 is 11.5. The summed E-state index contributed by atoms with van der Waals surface area (Å²) in [5.41, 5.74) is 0.956. The van der Waals surface area contributed by atoms with Crippen LogP contribution in [0.5, 0.6) is 11.5 Å². The lowest BCUT2D eigenvalue weighted by Crippen LogP contribution is -2.36. The van der Waals surface area contributed by atoms with Crippen molar-refractivity contribution < 1.29 is 19.4 Å². The van der Waals surface area contributed by atoms with Crippen molar-refractivity contribution in [3.05, 3.63) is 22.2 Å². The van der Waals surface area contributed by atoms with Gasteiger partial charge in [-0.1, -0.05) is 35.7 Å². The van der Waals surface area contributed by atoms with E-state index in [0.29, 0.717) is 24.5 Å². The highest BCUT2D eigenvalue weighted by molar-refractivity contribution is 9.10. The van der Waals surface area contributed by atoms with Crippen LogP contribution in [-0.2, 0) is 11.3 Å². The Balaban J connectivity index is 2.00. The minimum absolute atomic E-state index is 0.229. The molecule has 0 unspecified atom stereocenters. The number of carbonyl (C=O) groups is 1. The van der Waals surface area contributed by atoms with Gasteiger partial charge in [0.1, 0.15) is 6.04 Å². The number of benzene rings is 1. The number of rotatable bonds is 7. The number of hydrogen-bond acceptors (Lipinski definition) is 4. The van der Waals surface area contributed by atoms with E-state index in [4.69, 9.17) is 9.47 Å². The van der Waals surface area contributed by atoms with E-state index in [2.05, 4.69) is 21.2 Å². The molecule has 1 atom stereocenters. The van der Waals surface area contributed by atoms with Gasteiger partial charge in [-0.15, -0.1) is 0 Å². The van der Waals surface area contributed by atoms with Crippen LogP contribution in [0.2, 0.25) is 0 Å². The zero-order valence-corrected chi connectivity index (χ0v) is 12.9. The van der Waals surface area contributed by atoms with Crippen molar-refractivity contribution in [3.8, 4) is 11.5 Å². The molecule has 1 heterocycles. The Morgan fingerprint density at radius 1 is 1.45 bits per heavy atom. The molecule has 0 bridgehead atoms. The lowest BCUT2D eigenvalue weighted by molar-refractivity contribution is -0.139. The van der Waals surface area contributed by atoms with E-state index in [0.717, 1.165) is 22.9 Å². The molecule has 0 radical (unpaired) electrons. The number of ether oxygens (including phenoxy) is 2. The van der Waals surface area contributed by atoms with Gasteiger partial charge in [0.15, 0.2) is 11.5 Å². The van der Waals surface area contributed by atoms with Crippen LogP contribution >= 0.6 is 15.9 Å². The van der Waals surface area contributed by atoms with Crippen molar-refractivity contribution in [2.45, 2.75) is 38.8 Å². The number of carboxylic acids is 1. The van der Waals surface area contributed by atoms with E-state index >= 15 is 0 Å². The summed E-state index contributed by atoms with van der Waals surface area (Å²) in [6.07, 6.45) is 2.51. The van der Waals surface area contributed by atoms with Crippen molar-refractivity contribution >= 4 is 21.9 Å². The van der Waals surface area contributed by atoms with E-state index in [1.165, 1.54) is 0 Å². The number of aliphatic carboxylic acids is 1. The van der Waals surface area contributed by atoms with E-state index < -0.39 is 12.0 Å². The summed E-state index contributed by atoms with van der Waals surface area (Å²) in [6.45, 7) is 2.75. The normalized spacial score (nSPS) is 14.3. The monoisotopic (exact) mass is 343 g/mol. The van der Waals surface area contributed by atoms with Gasteiger partial charge in [-0.25, -0.2) is 0 Å². The second-order valence-corrected chi connectivity index (χ2v) is 5.57. The fourth-order valence-corrected chi connectivity index (χ4v) is 2.51. The van der Waals surface area contributed by atoms with Crippen molar-refractivity contribution in [1.29, 1.82) is 0 Å².